The molecule has 0 amide bonds. The monoisotopic (exact) mass is 241 g/mol. The Kier molecular flexibility index (Phi) is 4.45. The average Bonchev–Trinajstić information content (AvgIpc) is 2.75. The summed E-state index contributed by atoms with van der Waals surface area (Å²) in [5, 5.41) is 0. The molecule has 1 saturated carbocycles. The predicted molar refractivity (Wildman–Crippen MR) is 68.7 cm³/mol. The molecule has 1 heterocycles. The van der Waals surface area contributed by atoms with Crippen molar-refractivity contribution in [3.8, 4) is 0 Å². The smallest absolute Gasteiger partial charge is 0.170 e. The van der Waals surface area contributed by atoms with Crippen molar-refractivity contribution < 1.29 is 9.47 Å². The normalized spacial score (nSPS) is 38.1. The summed E-state index contributed by atoms with van der Waals surface area (Å²) in [7, 11) is 0. The lowest BCUT2D eigenvalue weighted by atomic mass is 9.86. The van der Waals surface area contributed by atoms with Crippen molar-refractivity contribution >= 4 is 0 Å². The Balaban J connectivity index is 1.89. The number of ether oxygens (including phenoxy) is 2. The zero-order valence-electron chi connectivity index (χ0n) is 11.6. The number of nitrogens with zero attached hydrogens (tertiary/aromatic N) is 1. The number of hydrogen-bond acceptors (Lipinski definition) is 3. The van der Waals surface area contributed by atoms with E-state index in [1.54, 1.807) is 0 Å². The molecule has 0 N–H and O–H groups in total. The van der Waals surface area contributed by atoms with E-state index in [0.29, 0.717) is 0 Å². The molecule has 1 atom stereocenters. The first-order valence-electron chi connectivity index (χ1n) is 7.25. The maximum atomic E-state index is 6.25. The van der Waals surface area contributed by atoms with Gasteiger partial charge in [-0.05, 0) is 31.7 Å². The lowest BCUT2D eigenvalue weighted by Gasteiger charge is -2.35. The molecule has 1 unspecified atom stereocenters. The van der Waals surface area contributed by atoms with Crippen molar-refractivity contribution in [2.45, 2.75) is 64.9 Å². The summed E-state index contributed by atoms with van der Waals surface area (Å²) in [5.41, 5.74) is 0. The molecule has 1 aliphatic carbocycles. The summed E-state index contributed by atoms with van der Waals surface area (Å²) in [4.78, 5) is 2.40. The van der Waals surface area contributed by atoms with Crippen molar-refractivity contribution in [2.24, 2.45) is 5.92 Å². The average molecular weight is 241 g/mol. The SMILES string of the molecule is CCCN(CC)C1COC2(CCC(C)CC2)O1. The van der Waals surface area contributed by atoms with Crippen molar-refractivity contribution in [1.29, 1.82) is 0 Å². The van der Waals surface area contributed by atoms with Gasteiger partial charge >= 0.3 is 0 Å². The van der Waals surface area contributed by atoms with E-state index in [1.165, 1.54) is 19.3 Å². The second-order valence-corrected chi connectivity index (χ2v) is 5.61. The molecule has 2 fully saturated rings. The molecule has 1 saturated heterocycles. The third kappa shape index (κ3) is 3.01. The molecule has 3 nitrogen and oxygen atoms in total. The maximum Gasteiger partial charge on any atom is 0.170 e. The molecule has 17 heavy (non-hydrogen) atoms. The standard InChI is InChI=1S/C14H27NO2/c1-4-10-15(5-2)13-11-16-14(17-13)8-6-12(3)7-9-14/h12-13H,4-11H2,1-3H3. The van der Waals surface area contributed by atoms with Crippen LogP contribution in [0.2, 0.25) is 0 Å². The fourth-order valence-corrected chi connectivity index (χ4v) is 2.98. The number of likely N-dealkylation sites (N-methyl/N-ethyl adjacent to an activating group) is 1. The molecule has 0 bridgehead atoms. The summed E-state index contributed by atoms with van der Waals surface area (Å²) >= 11 is 0. The fourth-order valence-electron chi connectivity index (χ4n) is 2.98. The molecule has 2 aliphatic rings. The van der Waals surface area contributed by atoms with Gasteiger partial charge in [0.1, 0.15) is 6.23 Å². The molecular formula is C14H27NO2. The van der Waals surface area contributed by atoms with E-state index in [1.807, 2.05) is 0 Å². The Morgan fingerprint density at radius 1 is 1.24 bits per heavy atom. The second-order valence-electron chi connectivity index (χ2n) is 5.61. The Hall–Kier alpha value is -0.120. The highest BCUT2D eigenvalue weighted by Gasteiger charge is 2.44. The summed E-state index contributed by atoms with van der Waals surface area (Å²) in [5.74, 6) is 0.600. The zero-order valence-corrected chi connectivity index (χ0v) is 11.6. The number of rotatable bonds is 4. The van der Waals surface area contributed by atoms with Crippen LogP contribution in [0.25, 0.3) is 0 Å². The van der Waals surface area contributed by atoms with E-state index in [9.17, 15) is 0 Å². The van der Waals surface area contributed by atoms with Gasteiger partial charge < -0.3 is 9.47 Å². The van der Waals surface area contributed by atoms with Gasteiger partial charge in [-0.1, -0.05) is 20.8 Å². The van der Waals surface area contributed by atoms with Crippen molar-refractivity contribution in [1.82, 2.24) is 4.90 Å². The molecule has 1 aliphatic heterocycles. The van der Waals surface area contributed by atoms with Crippen LogP contribution >= 0.6 is 0 Å². The van der Waals surface area contributed by atoms with Crippen LogP contribution in [-0.4, -0.2) is 36.6 Å². The van der Waals surface area contributed by atoms with Gasteiger partial charge in [-0.2, -0.15) is 0 Å². The van der Waals surface area contributed by atoms with Gasteiger partial charge in [0, 0.05) is 19.4 Å². The Morgan fingerprint density at radius 2 is 1.94 bits per heavy atom. The first-order chi connectivity index (χ1) is 8.19. The van der Waals surface area contributed by atoms with Gasteiger partial charge in [-0.25, -0.2) is 0 Å². The van der Waals surface area contributed by atoms with E-state index in [-0.39, 0.29) is 12.0 Å². The van der Waals surface area contributed by atoms with Gasteiger partial charge in [-0.3, -0.25) is 4.90 Å². The van der Waals surface area contributed by atoms with E-state index in [0.717, 1.165) is 38.5 Å². The highest BCUT2D eigenvalue weighted by atomic mass is 16.8. The molecule has 2 rings (SSSR count). The van der Waals surface area contributed by atoms with Gasteiger partial charge in [-0.15, -0.1) is 0 Å². The third-order valence-electron chi connectivity index (χ3n) is 4.20. The molecular weight excluding hydrogens is 214 g/mol. The summed E-state index contributed by atoms with van der Waals surface area (Å²) in [6.07, 6.45) is 6.01. The molecule has 0 radical (unpaired) electrons. The predicted octanol–water partition coefficient (Wildman–Crippen LogP) is 3.00. The van der Waals surface area contributed by atoms with Crippen molar-refractivity contribution in [2.75, 3.05) is 19.7 Å². The Morgan fingerprint density at radius 3 is 2.53 bits per heavy atom. The summed E-state index contributed by atoms with van der Waals surface area (Å²) < 4.78 is 12.3. The molecule has 3 heteroatoms. The first-order valence-corrected chi connectivity index (χ1v) is 7.25. The van der Waals surface area contributed by atoms with Gasteiger partial charge in [0.25, 0.3) is 0 Å². The van der Waals surface area contributed by atoms with Crippen LogP contribution in [0.4, 0.5) is 0 Å². The second kappa shape index (κ2) is 5.68. The molecule has 1 spiro atoms. The van der Waals surface area contributed by atoms with Crippen LogP contribution in [-0.2, 0) is 9.47 Å². The van der Waals surface area contributed by atoms with Crippen LogP contribution in [0.3, 0.4) is 0 Å². The van der Waals surface area contributed by atoms with Crippen LogP contribution in [0, 0.1) is 5.92 Å². The van der Waals surface area contributed by atoms with E-state index in [2.05, 4.69) is 25.7 Å². The zero-order chi connectivity index (χ0) is 12.3. The minimum atomic E-state index is -0.238. The minimum Gasteiger partial charge on any atom is -0.346 e. The van der Waals surface area contributed by atoms with E-state index in [4.69, 9.17) is 9.47 Å². The van der Waals surface area contributed by atoms with Crippen molar-refractivity contribution in [3.63, 3.8) is 0 Å². The lowest BCUT2D eigenvalue weighted by molar-refractivity contribution is -0.206. The largest absolute Gasteiger partial charge is 0.346 e. The van der Waals surface area contributed by atoms with Gasteiger partial charge in [0.05, 0.1) is 6.61 Å². The van der Waals surface area contributed by atoms with Crippen LogP contribution < -0.4 is 0 Å². The molecule has 100 valence electrons. The van der Waals surface area contributed by atoms with Crippen molar-refractivity contribution in [3.05, 3.63) is 0 Å². The quantitative estimate of drug-likeness (QED) is 0.755. The molecule has 0 aromatic rings. The van der Waals surface area contributed by atoms with Gasteiger partial charge in [0.15, 0.2) is 5.79 Å². The van der Waals surface area contributed by atoms with E-state index < -0.39 is 0 Å². The maximum absolute atomic E-state index is 6.25. The number of hydrogen-bond donors (Lipinski definition) is 0. The Labute approximate surface area is 105 Å². The highest BCUT2D eigenvalue weighted by molar-refractivity contribution is 4.84. The molecule has 0 aromatic heterocycles. The third-order valence-corrected chi connectivity index (χ3v) is 4.20. The van der Waals surface area contributed by atoms with Gasteiger partial charge in [0.2, 0.25) is 0 Å². The minimum absolute atomic E-state index is 0.188. The van der Waals surface area contributed by atoms with Crippen LogP contribution in [0.15, 0.2) is 0 Å². The Bertz CT molecular complexity index is 236. The fraction of sp³-hybridized carbons (Fsp3) is 1.00. The highest BCUT2D eigenvalue weighted by Crippen LogP contribution is 2.40. The lowest BCUT2D eigenvalue weighted by Crippen LogP contribution is -2.41. The summed E-state index contributed by atoms with van der Waals surface area (Å²) in [6, 6.07) is 0. The van der Waals surface area contributed by atoms with Crippen LogP contribution in [0.1, 0.15) is 52.9 Å². The topological polar surface area (TPSA) is 21.7 Å². The van der Waals surface area contributed by atoms with Crippen LogP contribution in [0.5, 0.6) is 0 Å². The first kappa shape index (κ1) is 13.3. The summed E-state index contributed by atoms with van der Waals surface area (Å²) in [6.45, 7) is 9.66. The van der Waals surface area contributed by atoms with E-state index >= 15 is 0 Å². The molecule has 0 aromatic carbocycles.